The van der Waals surface area contributed by atoms with E-state index < -0.39 is 11.4 Å². The Morgan fingerprint density at radius 2 is 1.53 bits per heavy atom. The first-order chi connectivity index (χ1) is 20.8. The number of unbranched alkanes of at least 4 members (excludes halogenated alkanes) is 9. The number of carboxylic acids is 1. The molecule has 2 atom stereocenters. The molecule has 43 heavy (non-hydrogen) atoms. The Bertz CT molecular complexity index is 1130. The number of ether oxygens (including phenoxy) is 3. The summed E-state index contributed by atoms with van der Waals surface area (Å²) in [6.07, 6.45) is 15.0. The lowest BCUT2D eigenvalue weighted by atomic mass is 9.74. The van der Waals surface area contributed by atoms with Crippen LogP contribution in [-0.2, 0) is 10.2 Å². The molecule has 7 heteroatoms. The molecular weight excluding hydrogens is 540 g/mol. The molecule has 2 aromatic carbocycles. The molecule has 2 rings (SSSR count). The van der Waals surface area contributed by atoms with E-state index >= 15 is 0 Å². The van der Waals surface area contributed by atoms with E-state index in [4.69, 9.17) is 19.3 Å². The van der Waals surface area contributed by atoms with Gasteiger partial charge < -0.3 is 19.3 Å². The lowest BCUT2D eigenvalue weighted by Gasteiger charge is -2.30. The van der Waals surface area contributed by atoms with Crippen LogP contribution in [0.1, 0.15) is 114 Å². The van der Waals surface area contributed by atoms with Crippen molar-refractivity contribution in [2.45, 2.75) is 109 Å². The molecule has 0 amide bonds. The molecule has 0 fully saturated rings. The van der Waals surface area contributed by atoms with E-state index in [2.05, 4.69) is 31.9 Å². The second-order valence-electron chi connectivity index (χ2n) is 11.7. The summed E-state index contributed by atoms with van der Waals surface area (Å²) in [6, 6.07) is 16.4. The number of aliphatic carboxylic acids is 1. The van der Waals surface area contributed by atoms with Gasteiger partial charge in [-0.3, -0.25) is 4.90 Å². The van der Waals surface area contributed by atoms with E-state index in [9.17, 15) is 10.1 Å². The number of carboxylic acid groups (broad SMARTS) is 1. The van der Waals surface area contributed by atoms with Crippen molar-refractivity contribution in [2.24, 2.45) is 0 Å². The predicted octanol–water partition coefficient (Wildman–Crippen LogP) is 8.71. The van der Waals surface area contributed by atoms with Gasteiger partial charge in [-0.1, -0.05) is 89.3 Å². The van der Waals surface area contributed by atoms with Crippen LogP contribution in [0.4, 0.5) is 0 Å². The average Bonchev–Trinajstić information content (AvgIpc) is 3.03. The molecule has 0 heterocycles. The highest BCUT2D eigenvalue weighted by Gasteiger charge is 2.32. The van der Waals surface area contributed by atoms with Gasteiger partial charge in [0.2, 0.25) is 0 Å². The summed E-state index contributed by atoms with van der Waals surface area (Å²) in [4.78, 5) is 13.2. The Morgan fingerprint density at radius 3 is 2.14 bits per heavy atom. The highest BCUT2D eigenvalue weighted by Crippen LogP contribution is 2.39. The van der Waals surface area contributed by atoms with Gasteiger partial charge in [0.1, 0.15) is 5.75 Å². The van der Waals surface area contributed by atoms with Gasteiger partial charge in [-0.15, -0.1) is 0 Å². The topological polar surface area (TPSA) is 92.0 Å². The smallest absolute Gasteiger partial charge is 0.341 e. The molecule has 0 saturated heterocycles. The van der Waals surface area contributed by atoms with Gasteiger partial charge in [0.25, 0.3) is 0 Å². The van der Waals surface area contributed by atoms with Gasteiger partial charge in [-0.25, -0.2) is 4.79 Å². The predicted molar refractivity (Wildman–Crippen MR) is 173 cm³/mol. The van der Waals surface area contributed by atoms with Crippen molar-refractivity contribution in [1.29, 1.82) is 5.26 Å². The summed E-state index contributed by atoms with van der Waals surface area (Å²) >= 11 is 0. The highest BCUT2D eigenvalue weighted by atomic mass is 16.5. The van der Waals surface area contributed by atoms with Crippen molar-refractivity contribution in [2.75, 3.05) is 34.4 Å². The molecule has 1 N–H and O–H groups in total. The molecular formula is C36H54N2O5. The summed E-state index contributed by atoms with van der Waals surface area (Å²) in [5.41, 5.74) is 1.44. The van der Waals surface area contributed by atoms with Crippen molar-refractivity contribution < 1.29 is 24.1 Å². The Labute approximate surface area is 260 Å². The quantitative estimate of drug-likeness (QED) is 0.129. The van der Waals surface area contributed by atoms with Gasteiger partial charge in [-0.05, 0) is 75.2 Å². The first-order valence-corrected chi connectivity index (χ1v) is 16.1. The molecule has 7 nitrogen and oxygen atoms in total. The Balaban J connectivity index is 2.04. The lowest BCUT2D eigenvalue weighted by Crippen LogP contribution is -2.28. The second kappa shape index (κ2) is 19.9. The SMILES string of the molecule is CCCCCCCCCCCCC(C#N)(CCCN(C)C(C)c1cccc(OCC(=O)O)c1)c1ccc(OC)c(OC)c1. The van der Waals surface area contributed by atoms with Crippen molar-refractivity contribution >= 4 is 5.97 Å². The van der Waals surface area contributed by atoms with Crippen molar-refractivity contribution in [1.82, 2.24) is 4.90 Å². The van der Waals surface area contributed by atoms with Crippen LogP contribution in [-0.4, -0.2) is 50.4 Å². The van der Waals surface area contributed by atoms with E-state index in [1.807, 2.05) is 36.4 Å². The summed E-state index contributed by atoms with van der Waals surface area (Å²) in [6.45, 7) is 4.84. The standard InChI is InChI=1S/C36H54N2O5/c1-6-7-8-9-10-11-12-13-14-15-22-36(28-37,31-20-21-33(41-4)34(26-31)42-5)23-17-24-38(3)29(2)30-18-16-19-32(25-30)43-27-35(39)40/h16,18-21,25-26,29H,6-15,17,22-24,27H2,1-5H3,(H,39,40). The molecule has 0 spiro atoms. The summed E-state index contributed by atoms with van der Waals surface area (Å²) < 4.78 is 16.4. The van der Waals surface area contributed by atoms with Crippen LogP contribution in [0.3, 0.4) is 0 Å². The van der Waals surface area contributed by atoms with Crippen LogP contribution >= 0.6 is 0 Å². The Morgan fingerprint density at radius 1 is 0.907 bits per heavy atom. The van der Waals surface area contributed by atoms with Gasteiger partial charge in [0.05, 0.1) is 25.7 Å². The number of hydrogen-bond acceptors (Lipinski definition) is 6. The normalized spacial score (nSPS) is 13.2. The van der Waals surface area contributed by atoms with Gasteiger partial charge in [0.15, 0.2) is 18.1 Å². The fourth-order valence-electron chi connectivity index (χ4n) is 5.73. The third kappa shape index (κ3) is 12.1. The number of nitriles is 1. The summed E-state index contributed by atoms with van der Waals surface area (Å²) in [7, 11) is 5.35. The molecule has 0 aromatic heterocycles. The van der Waals surface area contributed by atoms with E-state index in [0.717, 1.165) is 49.8 Å². The summed E-state index contributed by atoms with van der Waals surface area (Å²) in [5.74, 6) is 0.871. The van der Waals surface area contributed by atoms with Gasteiger partial charge in [0, 0.05) is 6.04 Å². The Kier molecular flexibility index (Phi) is 16.6. The fraction of sp³-hybridized carbons (Fsp3) is 0.611. The minimum absolute atomic E-state index is 0.105. The van der Waals surface area contributed by atoms with E-state index in [-0.39, 0.29) is 12.6 Å². The summed E-state index contributed by atoms with van der Waals surface area (Å²) in [5, 5.41) is 19.6. The van der Waals surface area contributed by atoms with Crippen LogP contribution in [0.15, 0.2) is 42.5 Å². The number of rotatable bonds is 23. The van der Waals surface area contributed by atoms with E-state index in [1.165, 1.54) is 51.4 Å². The highest BCUT2D eigenvalue weighted by molar-refractivity contribution is 5.68. The molecule has 0 bridgehead atoms. The molecule has 0 aliphatic rings. The van der Waals surface area contributed by atoms with Crippen LogP contribution in [0, 0.1) is 11.3 Å². The van der Waals surface area contributed by atoms with Crippen LogP contribution < -0.4 is 14.2 Å². The number of carbonyl (C=O) groups is 1. The number of methoxy groups -OCH3 is 2. The van der Waals surface area contributed by atoms with Gasteiger partial charge >= 0.3 is 5.97 Å². The molecule has 2 aromatic rings. The Hall–Kier alpha value is -3.24. The van der Waals surface area contributed by atoms with Crippen molar-refractivity contribution in [3.8, 4) is 23.3 Å². The minimum atomic E-state index is -0.996. The van der Waals surface area contributed by atoms with Crippen LogP contribution in [0.5, 0.6) is 17.2 Å². The third-order valence-electron chi connectivity index (χ3n) is 8.59. The van der Waals surface area contributed by atoms with E-state index in [1.54, 1.807) is 20.3 Å². The monoisotopic (exact) mass is 594 g/mol. The van der Waals surface area contributed by atoms with Crippen LogP contribution in [0.25, 0.3) is 0 Å². The zero-order valence-corrected chi connectivity index (χ0v) is 27.2. The van der Waals surface area contributed by atoms with Crippen molar-refractivity contribution in [3.63, 3.8) is 0 Å². The minimum Gasteiger partial charge on any atom is -0.493 e. The molecule has 2 unspecified atom stereocenters. The number of benzene rings is 2. The van der Waals surface area contributed by atoms with E-state index in [0.29, 0.717) is 17.2 Å². The lowest BCUT2D eigenvalue weighted by molar-refractivity contribution is -0.139. The maximum atomic E-state index is 10.9. The fourth-order valence-corrected chi connectivity index (χ4v) is 5.73. The molecule has 0 aliphatic carbocycles. The average molecular weight is 595 g/mol. The third-order valence-corrected chi connectivity index (χ3v) is 8.59. The second-order valence-corrected chi connectivity index (χ2v) is 11.7. The molecule has 0 saturated carbocycles. The maximum absolute atomic E-state index is 10.9. The van der Waals surface area contributed by atoms with Crippen molar-refractivity contribution in [3.05, 3.63) is 53.6 Å². The van der Waals surface area contributed by atoms with Gasteiger partial charge in [-0.2, -0.15) is 5.26 Å². The number of hydrogen-bond donors (Lipinski definition) is 1. The molecule has 238 valence electrons. The largest absolute Gasteiger partial charge is 0.493 e. The first kappa shape index (κ1) is 36.0. The molecule has 0 aliphatic heterocycles. The zero-order valence-electron chi connectivity index (χ0n) is 27.2. The first-order valence-electron chi connectivity index (χ1n) is 16.1. The zero-order chi connectivity index (χ0) is 31.5. The van der Waals surface area contributed by atoms with Crippen LogP contribution in [0.2, 0.25) is 0 Å². The molecule has 0 radical (unpaired) electrons. The maximum Gasteiger partial charge on any atom is 0.341 e. The number of nitrogens with zero attached hydrogens (tertiary/aromatic N) is 2.